The molecule has 0 aromatic heterocycles. The quantitative estimate of drug-likeness (QED) is 0.824. The molecule has 1 saturated heterocycles. The van der Waals surface area contributed by atoms with Crippen LogP contribution in [0.25, 0.3) is 0 Å². The Morgan fingerprint density at radius 3 is 2.44 bits per heavy atom. The average molecular weight is 262 g/mol. The van der Waals surface area contributed by atoms with Crippen LogP contribution >= 0.6 is 0 Å². The minimum atomic E-state index is -4.46. The monoisotopic (exact) mass is 262 g/mol. The van der Waals surface area contributed by atoms with Gasteiger partial charge in [-0.1, -0.05) is 12.1 Å². The number of nitrogens with one attached hydrogen (secondary N) is 1. The normalized spacial score (nSPS) is 20.6. The lowest BCUT2D eigenvalue weighted by molar-refractivity contribution is -0.161. The molecule has 1 amide bonds. The van der Waals surface area contributed by atoms with Gasteiger partial charge in [0.15, 0.2) is 0 Å². The lowest BCUT2D eigenvalue weighted by atomic mass is 10.1. The first-order valence-electron chi connectivity index (χ1n) is 5.22. The zero-order valence-corrected chi connectivity index (χ0v) is 9.17. The van der Waals surface area contributed by atoms with Gasteiger partial charge >= 0.3 is 6.18 Å². The highest BCUT2D eigenvalue weighted by atomic mass is 19.4. The number of benzene rings is 1. The third-order valence-corrected chi connectivity index (χ3v) is 2.61. The van der Waals surface area contributed by atoms with E-state index in [0.717, 1.165) is 12.1 Å². The molecule has 1 N–H and O–H groups in total. The Morgan fingerprint density at radius 2 is 1.89 bits per heavy atom. The van der Waals surface area contributed by atoms with Crippen LogP contribution < -0.4 is 5.32 Å². The first kappa shape index (κ1) is 12.8. The van der Waals surface area contributed by atoms with Crippen LogP contribution in [0.4, 0.5) is 17.6 Å². The molecule has 3 nitrogen and oxygen atoms in total. The molecule has 98 valence electrons. The van der Waals surface area contributed by atoms with Crippen molar-refractivity contribution >= 4 is 5.91 Å². The first-order valence-corrected chi connectivity index (χ1v) is 5.22. The third-order valence-electron chi connectivity index (χ3n) is 2.61. The van der Waals surface area contributed by atoms with Crippen molar-refractivity contribution in [3.8, 4) is 0 Å². The molecule has 0 bridgehead atoms. The van der Waals surface area contributed by atoms with Crippen LogP contribution in [0, 0.1) is 5.82 Å². The Balaban J connectivity index is 2.21. The molecule has 1 aromatic carbocycles. The number of amides is 1. The second-order valence-electron chi connectivity index (χ2n) is 3.97. The number of alkyl halides is 3. The number of rotatable bonds is 2. The molecule has 1 aliphatic heterocycles. The Morgan fingerprint density at radius 1 is 1.28 bits per heavy atom. The van der Waals surface area contributed by atoms with Gasteiger partial charge in [-0.3, -0.25) is 10.1 Å². The minimum Gasteiger partial charge on any atom is -0.313 e. The van der Waals surface area contributed by atoms with Gasteiger partial charge in [-0.15, -0.1) is 0 Å². The lowest BCUT2D eigenvalue weighted by Crippen LogP contribution is -2.38. The standard InChI is InChI=1S/C11H10F4N2O/c12-8-3-1-7(2-4-8)10-16-5-9(18)17(10)6-11(13,14)15/h1-4,10,16H,5-6H2. The number of carbonyl (C=O) groups excluding carboxylic acids is 1. The topological polar surface area (TPSA) is 32.3 Å². The molecular weight excluding hydrogens is 252 g/mol. The molecule has 0 aliphatic carbocycles. The van der Waals surface area contributed by atoms with Crippen molar-refractivity contribution in [3.05, 3.63) is 35.6 Å². The van der Waals surface area contributed by atoms with Crippen molar-refractivity contribution in [2.45, 2.75) is 12.3 Å². The predicted molar refractivity (Wildman–Crippen MR) is 54.9 cm³/mol. The van der Waals surface area contributed by atoms with Crippen LogP contribution in [-0.4, -0.2) is 30.1 Å². The highest BCUT2D eigenvalue weighted by molar-refractivity contribution is 5.81. The number of carbonyl (C=O) groups is 1. The van der Waals surface area contributed by atoms with Gasteiger partial charge in [-0.2, -0.15) is 13.2 Å². The second kappa shape index (κ2) is 4.56. The van der Waals surface area contributed by atoms with Crippen LogP contribution in [0.3, 0.4) is 0 Å². The van der Waals surface area contributed by atoms with Crippen molar-refractivity contribution in [1.29, 1.82) is 0 Å². The van der Waals surface area contributed by atoms with Crippen molar-refractivity contribution < 1.29 is 22.4 Å². The van der Waals surface area contributed by atoms with Gasteiger partial charge in [-0.05, 0) is 17.7 Å². The zero-order chi connectivity index (χ0) is 13.3. The van der Waals surface area contributed by atoms with E-state index < -0.39 is 30.6 Å². The molecule has 0 radical (unpaired) electrons. The third kappa shape index (κ3) is 2.79. The van der Waals surface area contributed by atoms with Gasteiger partial charge < -0.3 is 4.90 Å². The van der Waals surface area contributed by atoms with Gasteiger partial charge in [-0.25, -0.2) is 4.39 Å². The molecule has 1 atom stereocenters. The van der Waals surface area contributed by atoms with Crippen LogP contribution in [0.15, 0.2) is 24.3 Å². The number of halogens is 4. The van der Waals surface area contributed by atoms with Gasteiger partial charge in [0.25, 0.3) is 0 Å². The first-order chi connectivity index (χ1) is 8.37. The molecule has 2 rings (SSSR count). The maximum atomic E-state index is 12.7. The SMILES string of the molecule is O=C1CNC(c2ccc(F)cc2)N1CC(F)(F)F. The summed E-state index contributed by atoms with van der Waals surface area (Å²) < 4.78 is 49.8. The predicted octanol–water partition coefficient (Wildman–Crippen LogP) is 1.82. The van der Waals surface area contributed by atoms with Gasteiger partial charge in [0.1, 0.15) is 18.5 Å². The molecule has 18 heavy (non-hydrogen) atoms. The van der Waals surface area contributed by atoms with E-state index in [0.29, 0.717) is 10.5 Å². The summed E-state index contributed by atoms with van der Waals surface area (Å²) in [7, 11) is 0. The fourth-order valence-electron chi connectivity index (χ4n) is 1.86. The lowest BCUT2D eigenvalue weighted by Gasteiger charge is -2.25. The largest absolute Gasteiger partial charge is 0.406 e. The van der Waals surface area contributed by atoms with Crippen LogP contribution in [0.2, 0.25) is 0 Å². The van der Waals surface area contributed by atoms with Crippen molar-refractivity contribution in [3.63, 3.8) is 0 Å². The summed E-state index contributed by atoms with van der Waals surface area (Å²) >= 11 is 0. The minimum absolute atomic E-state index is 0.155. The molecular formula is C11H10F4N2O. The maximum absolute atomic E-state index is 12.7. The number of nitrogens with zero attached hydrogens (tertiary/aromatic N) is 1. The van der Waals surface area contributed by atoms with E-state index in [1.54, 1.807) is 0 Å². The summed E-state index contributed by atoms with van der Waals surface area (Å²) in [6, 6.07) is 5.00. The van der Waals surface area contributed by atoms with Gasteiger partial charge in [0.05, 0.1) is 6.54 Å². The molecule has 1 heterocycles. The highest BCUT2D eigenvalue weighted by Gasteiger charge is 2.40. The zero-order valence-electron chi connectivity index (χ0n) is 9.17. The summed E-state index contributed by atoms with van der Waals surface area (Å²) in [5.74, 6) is -1.10. The molecule has 1 aliphatic rings. The van der Waals surface area contributed by atoms with Crippen LogP contribution in [0.5, 0.6) is 0 Å². The highest BCUT2D eigenvalue weighted by Crippen LogP contribution is 2.27. The fraction of sp³-hybridized carbons (Fsp3) is 0.364. The molecule has 0 saturated carbocycles. The average Bonchev–Trinajstić information content (AvgIpc) is 2.60. The Bertz CT molecular complexity index is 443. The van der Waals surface area contributed by atoms with E-state index in [4.69, 9.17) is 0 Å². The molecule has 1 fully saturated rings. The maximum Gasteiger partial charge on any atom is 0.406 e. The summed E-state index contributed by atoms with van der Waals surface area (Å²) in [5, 5.41) is 2.67. The summed E-state index contributed by atoms with van der Waals surface area (Å²) in [4.78, 5) is 12.1. The smallest absolute Gasteiger partial charge is 0.313 e. The second-order valence-corrected chi connectivity index (χ2v) is 3.97. The van der Waals surface area contributed by atoms with E-state index in [2.05, 4.69) is 5.32 Å². The van der Waals surface area contributed by atoms with Gasteiger partial charge in [0, 0.05) is 0 Å². The van der Waals surface area contributed by atoms with E-state index in [1.807, 2.05) is 0 Å². The Labute approximate surface area is 100 Å². The van der Waals surface area contributed by atoms with E-state index >= 15 is 0 Å². The summed E-state index contributed by atoms with van der Waals surface area (Å²) in [5.41, 5.74) is 0.423. The van der Waals surface area contributed by atoms with Crippen molar-refractivity contribution in [2.75, 3.05) is 13.1 Å². The number of hydrogen-bond donors (Lipinski definition) is 1. The summed E-state index contributed by atoms with van der Waals surface area (Å²) in [6.45, 7) is -1.47. The summed E-state index contributed by atoms with van der Waals surface area (Å²) in [6.07, 6.45) is -5.32. The molecule has 7 heteroatoms. The Hall–Kier alpha value is -1.63. The van der Waals surface area contributed by atoms with E-state index in [-0.39, 0.29) is 6.54 Å². The fourth-order valence-corrected chi connectivity index (χ4v) is 1.86. The number of hydrogen-bond acceptors (Lipinski definition) is 2. The van der Waals surface area contributed by atoms with Gasteiger partial charge in [0.2, 0.25) is 5.91 Å². The van der Waals surface area contributed by atoms with Crippen LogP contribution in [0.1, 0.15) is 11.7 Å². The Kier molecular flexibility index (Phi) is 3.25. The van der Waals surface area contributed by atoms with Crippen LogP contribution in [-0.2, 0) is 4.79 Å². The molecule has 1 unspecified atom stereocenters. The van der Waals surface area contributed by atoms with E-state index in [9.17, 15) is 22.4 Å². The van der Waals surface area contributed by atoms with E-state index in [1.165, 1.54) is 12.1 Å². The van der Waals surface area contributed by atoms with Crippen molar-refractivity contribution in [1.82, 2.24) is 10.2 Å². The molecule has 1 aromatic rings. The molecule has 0 spiro atoms. The van der Waals surface area contributed by atoms with Crippen molar-refractivity contribution in [2.24, 2.45) is 0 Å².